The first-order valence-electron chi connectivity index (χ1n) is 7.64. The van der Waals surface area contributed by atoms with Crippen LogP contribution in [0.2, 0.25) is 0 Å². The molecule has 4 rings (SSSR count). The van der Waals surface area contributed by atoms with Crippen LogP contribution in [0.4, 0.5) is 5.69 Å². The van der Waals surface area contributed by atoms with Crippen LogP contribution in [-0.4, -0.2) is 25.8 Å². The van der Waals surface area contributed by atoms with Gasteiger partial charge in [0.25, 0.3) is 0 Å². The van der Waals surface area contributed by atoms with Crippen LogP contribution in [0, 0.1) is 0 Å². The molecule has 6 nitrogen and oxygen atoms in total. The summed E-state index contributed by atoms with van der Waals surface area (Å²) in [6.45, 7) is 0. The summed E-state index contributed by atoms with van der Waals surface area (Å²) < 4.78 is 3.51. The number of hydrogen-bond donors (Lipinski definition) is 0. The van der Waals surface area contributed by atoms with E-state index in [1.165, 1.54) is 0 Å². The molecular weight excluding hydrogens is 300 g/mol. The van der Waals surface area contributed by atoms with Crippen LogP contribution in [0.3, 0.4) is 0 Å². The zero-order valence-electron chi connectivity index (χ0n) is 13.5. The summed E-state index contributed by atoms with van der Waals surface area (Å²) >= 11 is 0. The molecule has 24 heavy (non-hydrogen) atoms. The standard InChI is InChI=1S/C18H16N6/c1-23-12-19-24(2)18(23)22-21-17-14-10-6-7-11-15(14)20-16(17)13-8-4-3-5-9-13/h3-12H,1-2H3. The number of aliphatic imine (C=N–C) groups is 1. The van der Waals surface area contributed by atoms with Gasteiger partial charge in [0.15, 0.2) is 0 Å². The van der Waals surface area contributed by atoms with E-state index >= 15 is 0 Å². The minimum Gasteiger partial charge on any atom is -0.302 e. The quantitative estimate of drug-likeness (QED) is 0.669. The molecule has 2 heterocycles. The first-order chi connectivity index (χ1) is 11.7. The van der Waals surface area contributed by atoms with Gasteiger partial charge in [-0.3, -0.25) is 0 Å². The van der Waals surface area contributed by atoms with Gasteiger partial charge in [-0.25, -0.2) is 9.67 Å². The molecule has 0 spiro atoms. The molecule has 0 saturated heterocycles. The van der Waals surface area contributed by atoms with Crippen molar-refractivity contribution in [1.29, 1.82) is 0 Å². The molecule has 0 unspecified atom stereocenters. The van der Waals surface area contributed by atoms with E-state index in [1.54, 1.807) is 11.0 Å². The Morgan fingerprint density at radius 3 is 2.38 bits per heavy atom. The first-order valence-corrected chi connectivity index (χ1v) is 7.64. The zero-order valence-corrected chi connectivity index (χ0v) is 13.5. The maximum Gasteiger partial charge on any atom is 0.246 e. The average Bonchev–Trinajstić information content (AvgIpc) is 3.14. The van der Waals surface area contributed by atoms with Crippen molar-refractivity contribution in [3.63, 3.8) is 0 Å². The lowest BCUT2D eigenvalue weighted by Gasteiger charge is -2.02. The second kappa shape index (κ2) is 5.73. The minimum absolute atomic E-state index is 0.666. The number of para-hydroxylation sites is 1. The van der Waals surface area contributed by atoms with E-state index in [9.17, 15) is 0 Å². The number of fused-ring (bicyclic) bond motifs is 1. The van der Waals surface area contributed by atoms with Crippen molar-refractivity contribution in [3.05, 3.63) is 77.7 Å². The Morgan fingerprint density at radius 1 is 0.875 bits per heavy atom. The van der Waals surface area contributed by atoms with E-state index in [-0.39, 0.29) is 0 Å². The highest BCUT2D eigenvalue weighted by Crippen LogP contribution is 2.29. The fraction of sp³-hybridized carbons (Fsp3) is 0.111. The summed E-state index contributed by atoms with van der Waals surface area (Å²) in [4.78, 5) is 4.74. The predicted octanol–water partition coefficient (Wildman–Crippen LogP) is 2.20. The molecule has 0 atom stereocenters. The second-order valence-corrected chi connectivity index (χ2v) is 5.56. The minimum atomic E-state index is 0.666. The summed E-state index contributed by atoms with van der Waals surface area (Å²) in [5, 5.41) is 13.1. The smallest absolute Gasteiger partial charge is 0.246 e. The van der Waals surface area contributed by atoms with E-state index in [0.29, 0.717) is 5.62 Å². The van der Waals surface area contributed by atoms with E-state index in [1.807, 2.05) is 73.3 Å². The van der Waals surface area contributed by atoms with E-state index < -0.39 is 0 Å². The molecule has 3 aromatic rings. The third-order valence-corrected chi connectivity index (χ3v) is 3.91. The van der Waals surface area contributed by atoms with Crippen molar-refractivity contribution in [2.24, 2.45) is 29.3 Å². The van der Waals surface area contributed by atoms with Gasteiger partial charge in [-0.05, 0) is 6.07 Å². The van der Waals surface area contributed by atoms with E-state index in [0.717, 1.165) is 28.2 Å². The molecule has 1 aliphatic rings. The number of nitrogens with zero attached hydrogens (tertiary/aromatic N) is 6. The highest BCUT2D eigenvalue weighted by Gasteiger charge is 2.23. The molecule has 0 saturated carbocycles. The van der Waals surface area contributed by atoms with Crippen molar-refractivity contribution in [3.8, 4) is 0 Å². The van der Waals surface area contributed by atoms with Crippen LogP contribution in [0.25, 0.3) is 0 Å². The Hall–Kier alpha value is -3.28. The lowest BCUT2D eigenvalue weighted by atomic mass is 10.0. The number of aryl methyl sites for hydroxylation is 2. The van der Waals surface area contributed by atoms with Crippen LogP contribution in [-0.2, 0) is 14.1 Å². The monoisotopic (exact) mass is 316 g/mol. The highest BCUT2D eigenvalue weighted by molar-refractivity contribution is 6.56. The van der Waals surface area contributed by atoms with Crippen LogP contribution < -0.4 is 5.62 Å². The molecule has 0 amide bonds. The Bertz CT molecular complexity index is 998. The van der Waals surface area contributed by atoms with Crippen LogP contribution >= 0.6 is 0 Å². The summed E-state index contributed by atoms with van der Waals surface area (Å²) in [6, 6.07) is 18.0. The van der Waals surface area contributed by atoms with Crippen molar-refractivity contribution < 1.29 is 0 Å². The molecule has 1 aromatic heterocycles. The molecule has 0 bridgehead atoms. The normalized spacial score (nSPS) is 15.7. The molecule has 0 radical (unpaired) electrons. The summed E-state index contributed by atoms with van der Waals surface area (Å²) in [6.07, 6.45) is 1.70. The van der Waals surface area contributed by atoms with Gasteiger partial charge in [-0.2, -0.15) is 5.10 Å². The summed E-state index contributed by atoms with van der Waals surface area (Å²) in [5.74, 6) is 0. The Kier molecular flexibility index (Phi) is 3.42. The first kappa shape index (κ1) is 14.3. The van der Waals surface area contributed by atoms with Gasteiger partial charge in [0.2, 0.25) is 5.62 Å². The van der Waals surface area contributed by atoms with Crippen LogP contribution in [0.1, 0.15) is 11.1 Å². The maximum atomic E-state index is 4.74. The molecule has 1 aliphatic heterocycles. The summed E-state index contributed by atoms with van der Waals surface area (Å²) in [5.41, 5.74) is 5.21. The third-order valence-electron chi connectivity index (χ3n) is 3.91. The Morgan fingerprint density at radius 2 is 1.62 bits per heavy atom. The maximum absolute atomic E-state index is 4.74. The van der Waals surface area contributed by atoms with Crippen LogP contribution in [0.5, 0.6) is 0 Å². The lowest BCUT2D eigenvalue weighted by Crippen LogP contribution is -2.22. The van der Waals surface area contributed by atoms with E-state index in [4.69, 9.17) is 4.99 Å². The van der Waals surface area contributed by atoms with Gasteiger partial charge in [-0.1, -0.05) is 48.5 Å². The van der Waals surface area contributed by atoms with Gasteiger partial charge in [0.1, 0.15) is 12.0 Å². The lowest BCUT2D eigenvalue weighted by molar-refractivity contribution is 0.679. The van der Waals surface area contributed by atoms with Gasteiger partial charge in [-0.15, -0.1) is 10.2 Å². The van der Waals surface area contributed by atoms with Crippen molar-refractivity contribution in [2.45, 2.75) is 0 Å². The third kappa shape index (κ3) is 2.38. The van der Waals surface area contributed by atoms with Crippen molar-refractivity contribution in [2.75, 3.05) is 0 Å². The zero-order chi connectivity index (χ0) is 16.5. The molecule has 6 heteroatoms. The fourth-order valence-corrected chi connectivity index (χ4v) is 2.69. The second-order valence-electron chi connectivity index (χ2n) is 5.56. The topological polar surface area (TPSA) is 59.8 Å². The molecule has 0 aliphatic carbocycles. The van der Waals surface area contributed by atoms with Gasteiger partial charge >= 0.3 is 0 Å². The SMILES string of the molecule is Cn1cnn(C)c1=NN=C1C(c2ccccc2)=Nc2ccccc21. The largest absolute Gasteiger partial charge is 0.302 e. The Balaban J connectivity index is 1.89. The molecule has 118 valence electrons. The number of hydrogen-bond acceptors (Lipinski definition) is 4. The molecule has 0 fully saturated rings. The van der Waals surface area contributed by atoms with Crippen molar-refractivity contribution in [1.82, 2.24) is 14.3 Å². The number of rotatable bonds is 2. The molecular formula is C18H16N6. The van der Waals surface area contributed by atoms with Crippen molar-refractivity contribution >= 4 is 17.1 Å². The Labute approximate surface area is 139 Å². The van der Waals surface area contributed by atoms with Gasteiger partial charge < -0.3 is 4.57 Å². The average molecular weight is 316 g/mol. The number of benzene rings is 2. The highest BCUT2D eigenvalue weighted by atomic mass is 15.4. The summed E-state index contributed by atoms with van der Waals surface area (Å²) in [7, 11) is 3.73. The predicted molar refractivity (Wildman–Crippen MR) is 93.4 cm³/mol. The van der Waals surface area contributed by atoms with Gasteiger partial charge in [0.05, 0.1) is 11.4 Å². The van der Waals surface area contributed by atoms with Crippen LogP contribution in [0.15, 0.2) is 76.1 Å². The molecule has 0 N–H and O–H groups in total. The number of aromatic nitrogens is 3. The van der Waals surface area contributed by atoms with Gasteiger partial charge in [0, 0.05) is 25.2 Å². The van der Waals surface area contributed by atoms with E-state index in [2.05, 4.69) is 15.3 Å². The fourth-order valence-electron chi connectivity index (χ4n) is 2.69. The molecule has 2 aromatic carbocycles.